The Morgan fingerprint density at radius 2 is 1.84 bits per heavy atom. The highest BCUT2D eigenvalue weighted by Gasteiger charge is 2.02. The third-order valence-electron chi connectivity index (χ3n) is 2.99. The standard InChI is InChI=1S/C16H27NO2/c1-3-4-5-6-7-11-18-15-9-8-10-16(12-15)19-14(2)13-17/h8-10,12,14H,3-7,11,13,17H2,1-2H3/t14-/m0/s1. The Morgan fingerprint density at radius 3 is 2.58 bits per heavy atom. The topological polar surface area (TPSA) is 44.5 Å². The molecule has 1 aromatic rings. The van der Waals surface area contributed by atoms with Crippen molar-refractivity contribution >= 4 is 0 Å². The highest BCUT2D eigenvalue weighted by Crippen LogP contribution is 2.20. The second-order valence-electron chi connectivity index (χ2n) is 4.90. The SMILES string of the molecule is CCCCCCCOc1cccc(O[C@@H](C)CN)c1. The summed E-state index contributed by atoms with van der Waals surface area (Å²) in [5.41, 5.74) is 5.54. The van der Waals surface area contributed by atoms with Crippen LogP contribution in [0.5, 0.6) is 11.5 Å². The van der Waals surface area contributed by atoms with Gasteiger partial charge in [0.1, 0.15) is 17.6 Å². The number of hydrogen-bond acceptors (Lipinski definition) is 3. The van der Waals surface area contributed by atoms with Gasteiger partial charge in [-0.15, -0.1) is 0 Å². The molecular weight excluding hydrogens is 238 g/mol. The van der Waals surface area contributed by atoms with Crippen molar-refractivity contribution in [2.24, 2.45) is 5.73 Å². The number of unbranched alkanes of at least 4 members (excludes halogenated alkanes) is 4. The van der Waals surface area contributed by atoms with Crippen molar-refractivity contribution in [2.75, 3.05) is 13.2 Å². The molecule has 1 aromatic carbocycles. The molecule has 0 saturated heterocycles. The highest BCUT2D eigenvalue weighted by molar-refractivity contribution is 5.33. The van der Waals surface area contributed by atoms with Crippen molar-refractivity contribution in [3.05, 3.63) is 24.3 Å². The van der Waals surface area contributed by atoms with Gasteiger partial charge in [-0.2, -0.15) is 0 Å². The van der Waals surface area contributed by atoms with Gasteiger partial charge in [0.15, 0.2) is 0 Å². The molecule has 0 spiro atoms. The lowest BCUT2D eigenvalue weighted by molar-refractivity contribution is 0.227. The molecule has 0 unspecified atom stereocenters. The average molecular weight is 265 g/mol. The van der Waals surface area contributed by atoms with Gasteiger partial charge in [0.2, 0.25) is 0 Å². The summed E-state index contributed by atoms with van der Waals surface area (Å²) in [5, 5.41) is 0. The van der Waals surface area contributed by atoms with Gasteiger partial charge in [-0.1, -0.05) is 38.7 Å². The van der Waals surface area contributed by atoms with Crippen LogP contribution < -0.4 is 15.2 Å². The van der Waals surface area contributed by atoms with E-state index in [1.807, 2.05) is 31.2 Å². The molecule has 0 radical (unpaired) electrons. The van der Waals surface area contributed by atoms with E-state index in [0.717, 1.165) is 24.5 Å². The number of benzene rings is 1. The van der Waals surface area contributed by atoms with Gasteiger partial charge in [0.25, 0.3) is 0 Å². The largest absolute Gasteiger partial charge is 0.493 e. The Bertz CT molecular complexity index is 341. The van der Waals surface area contributed by atoms with Crippen LogP contribution in [0, 0.1) is 0 Å². The minimum atomic E-state index is 0.0318. The summed E-state index contributed by atoms with van der Waals surface area (Å²) in [6, 6.07) is 7.77. The van der Waals surface area contributed by atoms with E-state index in [-0.39, 0.29) is 6.10 Å². The maximum atomic E-state index is 5.73. The van der Waals surface area contributed by atoms with Crippen molar-refractivity contribution in [1.29, 1.82) is 0 Å². The Labute approximate surface area is 117 Å². The summed E-state index contributed by atoms with van der Waals surface area (Å²) in [5.74, 6) is 1.69. The smallest absolute Gasteiger partial charge is 0.123 e. The average Bonchev–Trinajstić information content (AvgIpc) is 2.43. The lowest BCUT2D eigenvalue weighted by atomic mass is 10.2. The van der Waals surface area contributed by atoms with Crippen molar-refractivity contribution < 1.29 is 9.47 Å². The number of hydrogen-bond donors (Lipinski definition) is 1. The van der Waals surface area contributed by atoms with Gasteiger partial charge >= 0.3 is 0 Å². The lowest BCUT2D eigenvalue weighted by Gasteiger charge is -2.13. The van der Waals surface area contributed by atoms with Gasteiger partial charge in [-0.05, 0) is 25.5 Å². The predicted octanol–water partition coefficient (Wildman–Crippen LogP) is 3.76. The second-order valence-corrected chi connectivity index (χ2v) is 4.90. The molecule has 0 heterocycles. The molecule has 0 aliphatic rings. The van der Waals surface area contributed by atoms with Gasteiger partial charge in [-0.25, -0.2) is 0 Å². The van der Waals surface area contributed by atoms with E-state index in [4.69, 9.17) is 15.2 Å². The van der Waals surface area contributed by atoms with Crippen molar-refractivity contribution in [1.82, 2.24) is 0 Å². The lowest BCUT2D eigenvalue weighted by Crippen LogP contribution is -2.22. The molecule has 0 bridgehead atoms. The van der Waals surface area contributed by atoms with E-state index in [9.17, 15) is 0 Å². The third-order valence-corrected chi connectivity index (χ3v) is 2.99. The molecule has 0 aromatic heterocycles. The molecule has 2 N–H and O–H groups in total. The minimum absolute atomic E-state index is 0.0318. The first kappa shape index (κ1) is 15.8. The van der Waals surface area contributed by atoms with E-state index in [1.165, 1.54) is 25.7 Å². The molecule has 0 saturated carbocycles. The molecule has 0 amide bonds. The van der Waals surface area contributed by atoms with Crippen LogP contribution in [0.1, 0.15) is 46.0 Å². The molecule has 19 heavy (non-hydrogen) atoms. The first-order valence-electron chi connectivity index (χ1n) is 7.35. The third kappa shape index (κ3) is 7.06. The first-order valence-corrected chi connectivity index (χ1v) is 7.35. The van der Waals surface area contributed by atoms with Gasteiger partial charge in [0.05, 0.1) is 6.61 Å². The Kier molecular flexibility index (Phi) is 8.07. The van der Waals surface area contributed by atoms with Crippen LogP contribution in [0.2, 0.25) is 0 Å². The van der Waals surface area contributed by atoms with Gasteiger partial charge in [0, 0.05) is 12.6 Å². The van der Waals surface area contributed by atoms with Crippen LogP contribution in [0.3, 0.4) is 0 Å². The van der Waals surface area contributed by atoms with Crippen LogP contribution in [0.4, 0.5) is 0 Å². The zero-order valence-corrected chi connectivity index (χ0v) is 12.2. The molecule has 0 aliphatic heterocycles. The maximum absolute atomic E-state index is 5.73. The molecule has 1 rings (SSSR count). The van der Waals surface area contributed by atoms with Crippen LogP contribution >= 0.6 is 0 Å². The summed E-state index contributed by atoms with van der Waals surface area (Å²) >= 11 is 0. The quantitative estimate of drug-likeness (QED) is 0.655. The Morgan fingerprint density at radius 1 is 1.11 bits per heavy atom. The zero-order valence-electron chi connectivity index (χ0n) is 12.2. The summed E-state index contributed by atoms with van der Waals surface area (Å²) in [6.45, 7) is 5.48. The van der Waals surface area contributed by atoms with E-state index in [2.05, 4.69) is 6.92 Å². The normalized spacial score (nSPS) is 12.2. The Balaban J connectivity index is 2.28. The van der Waals surface area contributed by atoms with Crippen LogP contribution in [0.25, 0.3) is 0 Å². The van der Waals surface area contributed by atoms with Gasteiger partial charge in [-0.3, -0.25) is 0 Å². The maximum Gasteiger partial charge on any atom is 0.123 e. The highest BCUT2D eigenvalue weighted by atomic mass is 16.5. The van der Waals surface area contributed by atoms with E-state index >= 15 is 0 Å². The summed E-state index contributed by atoms with van der Waals surface area (Å²) < 4.78 is 11.4. The van der Waals surface area contributed by atoms with Crippen molar-refractivity contribution in [2.45, 2.75) is 52.1 Å². The summed E-state index contributed by atoms with van der Waals surface area (Å²) in [7, 11) is 0. The first-order chi connectivity index (χ1) is 9.26. The van der Waals surface area contributed by atoms with Crippen LogP contribution in [-0.4, -0.2) is 19.3 Å². The second kappa shape index (κ2) is 9.68. The molecule has 108 valence electrons. The van der Waals surface area contributed by atoms with E-state index < -0.39 is 0 Å². The van der Waals surface area contributed by atoms with Crippen LogP contribution in [-0.2, 0) is 0 Å². The van der Waals surface area contributed by atoms with Crippen molar-refractivity contribution in [3.8, 4) is 11.5 Å². The predicted molar refractivity (Wildman–Crippen MR) is 79.8 cm³/mol. The minimum Gasteiger partial charge on any atom is -0.493 e. The monoisotopic (exact) mass is 265 g/mol. The fourth-order valence-electron chi connectivity index (χ4n) is 1.81. The number of ether oxygens (including phenoxy) is 2. The molecule has 3 heteroatoms. The van der Waals surface area contributed by atoms with E-state index in [1.54, 1.807) is 0 Å². The molecule has 3 nitrogen and oxygen atoms in total. The fourth-order valence-corrected chi connectivity index (χ4v) is 1.81. The zero-order chi connectivity index (χ0) is 13.9. The van der Waals surface area contributed by atoms with E-state index in [0.29, 0.717) is 6.54 Å². The molecule has 0 aliphatic carbocycles. The Hall–Kier alpha value is -1.22. The number of rotatable bonds is 10. The fraction of sp³-hybridized carbons (Fsp3) is 0.625. The molecule has 1 atom stereocenters. The number of nitrogens with two attached hydrogens (primary N) is 1. The summed E-state index contributed by atoms with van der Waals surface area (Å²) in [6.07, 6.45) is 6.29. The molecular formula is C16H27NO2. The molecule has 0 fully saturated rings. The van der Waals surface area contributed by atoms with Gasteiger partial charge < -0.3 is 15.2 Å². The summed E-state index contributed by atoms with van der Waals surface area (Å²) in [4.78, 5) is 0. The van der Waals surface area contributed by atoms with Crippen molar-refractivity contribution in [3.63, 3.8) is 0 Å². The van der Waals surface area contributed by atoms with Crippen LogP contribution in [0.15, 0.2) is 24.3 Å².